The van der Waals surface area contributed by atoms with E-state index in [0.717, 1.165) is 6.07 Å². The van der Waals surface area contributed by atoms with Gasteiger partial charge in [-0.3, -0.25) is 0 Å². The maximum atomic E-state index is 14.0. The Kier molecular flexibility index (Phi) is 5.30. The van der Waals surface area contributed by atoms with E-state index in [9.17, 15) is 13.2 Å². The summed E-state index contributed by atoms with van der Waals surface area (Å²) in [5, 5.41) is 3.57. The minimum Gasteiger partial charge on any atom is -0.306 e. The Morgan fingerprint density at radius 3 is 2.48 bits per heavy atom. The van der Waals surface area contributed by atoms with Gasteiger partial charge in [-0.1, -0.05) is 30.7 Å². The first-order chi connectivity index (χ1) is 9.95. The summed E-state index contributed by atoms with van der Waals surface area (Å²) in [4.78, 5) is 0. The Morgan fingerprint density at radius 2 is 1.86 bits per heavy atom. The zero-order chi connectivity index (χ0) is 15.6. The van der Waals surface area contributed by atoms with Crippen LogP contribution in [0.2, 0.25) is 5.02 Å². The Balaban J connectivity index is 2.53. The minimum absolute atomic E-state index is 0.0463. The van der Waals surface area contributed by atoms with E-state index in [-0.39, 0.29) is 5.56 Å². The normalized spacial score (nSPS) is 12.5. The summed E-state index contributed by atoms with van der Waals surface area (Å²) in [6.07, 6.45) is 0. The summed E-state index contributed by atoms with van der Waals surface area (Å²) in [7, 11) is 0. The molecule has 0 aliphatic heterocycles. The smallest absolute Gasteiger partial charge is 0.194 e. The summed E-state index contributed by atoms with van der Waals surface area (Å²) < 4.78 is 41.2. The van der Waals surface area contributed by atoms with Crippen molar-refractivity contribution in [3.63, 3.8) is 0 Å². The largest absolute Gasteiger partial charge is 0.306 e. The molecule has 1 nitrogen and oxygen atoms in total. The van der Waals surface area contributed by atoms with Gasteiger partial charge in [0.2, 0.25) is 0 Å². The number of hydrogen-bond acceptors (Lipinski definition) is 1. The molecule has 0 saturated heterocycles. The SMILES string of the molecule is CCNC(c1ccc(Cl)c(Br)c1)c1ccc(F)c(F)c1F. The van der Waals surface area contributed by atoms with Gasteiger partial charge in [0.15, 0.2) is 17.5 Å². The molecule has 0 fully saturated rings. The van der Waals surface area contributed by atoms with Crippen molar-refractivity contribution in [2.24, 2.45) is 0 Å². The van der Waals surface area contributed by atoms with Gasteiger partial charge in [-0.05, 0) is 46.2 Å². The third kappa shape index (κ3) is 3.42. The summed E-state index contributed by atoms with van der Waals surface area (Å²) in [5.41, 5.74) is 0.739. The van der Waals surface area contributed by atoms with E-state index in [0.29, 0.717) is 21.6 Å². The van der Waals surface area contributed by atoms with Crippen molar-refractivity contribution in [1.82, 2.24) is 5.32 Å². The van der Waals surface area contributed by atoms with Crippen LogP contribution in [0.5, 0.6) is 0 Å². The van der Waals surface area contributed by atoms with Gasteiger partial charge in [0, 0.05) is 10.0 Å². The predicted molar refractivity (Wildman–Crippen MR) is 81.0 cm³/mol. The number of nitrogens with one attached hydrogen (secondary N) is 1. The highest BCUT2D eigenvalue weighted by molar-refractivity contribution is 9.10. The van der Waals surface area contributed by atoms with Crippen LogP contribution in [-0.2, 0) is 0 Å². The zero-order valence-electron chi connectivity index (χ0n) is 11.1. The van der Waals surface area contributed by atoms with E-state index in [1.165, 1.54) is 6.07 Å². The van der Waals surface area contributed by atoms with Gasteiger partial charge < -0.3 is 5.32 Å². The standard InChI is InChI=1S/C15H12BrClF3N/c1-2-21-15(8-3-5-11(17)10(16)7-8)9-4-6-12(18)14(20)13(9)19/h3-7,15,21H,2H2,1H3. The molecule has 0 heterocycles. The lowest BCUT2D eigenvalue weighted by molar-refractivity contribution is 0.433. The topological polar surface area (TPSA) is 12.0 Å². The lowest BCUT2D eigenvalue weighted by Gasteiger charge is -2.20. The van der Waals surface area contributed by atoms with Crippen LogP contribution in [0.25, 0.3) is 0 Å². The van der Waals surface area contributed by atoms with Gasteiger partial charge in [-0.15, -0.1) is 0 Å². The van der Waals surface area contributed by atoms with Crippen molar-refractivity contribution in [3.8, 4) is 0 Å². The summed E-state index contributed by atoms with van der Waals surface area (Å²) in [6.45, 7) is 2.37. The van der Waals surface area contributed by atoms with E-state index in [1.807, 2.05) is 6.92 Å². The average Bonchev–Trinajstić information content (AvgIpc) is 2.46. The molecule has 1 unspecified atom stereocenters. The molecule has 0 amide bonds. The Morgan fingerprint density at radius 1 is 1.14 bits per heavy atom. The minimum atomic E-state index is -1.47. The summed E-state index contributed by atoms with van der Waals surface area (Å²) in [5.74, 6) is -3.86. The second kappa shape index (κ2) is 6.81. The van der Waals surface area contributed by atoms with E-state index >= 15 is 0 Å². The molecule has 0 aliphatic carbocycles. The molecule has 2 aromatic carbocycles. The third-order valence-corrected chi connectivity index (χ3v) is 4.28. The molecule has 0 aromatic heterocycles. The van der Waals surface area contributed by atoms with Crippen LogP contribution < -0.4 is 5.32 Å². The lowest BCUT2D eigenvalue weighted by Crippen LogP contribution is -2.23. The van der Waals surface area contributed by atoms with Crippen LogP contribution in [0.3, 0.4) is 0 Å². The van der Waals surface area contributed by atoms with Crippen LogP contribution in [0.4, 0.5) is 13.2 Å². The van der Waals surface area contributed by atoms with Crippen molar-refractivity contribution in [1.29, 1.82) is 0 Å². The van der Waals surface area contributed by atoms with Crippen LogP contribution >= 0.6 is 27.5 Å². The summed E-state index contributed by atoms with van der Waals surface area (Å²) >= 11 is 9.23. The van der Waals surface area contributed by atoms with Crippen molar-refractivity contribution in [2.75, 3.05) is 6.54 Å². The van der Waals surface area contributed by atoms with E-state index in [4.69, 9.17) is 11.6 Å². The second-order valence-electron chi connectivity index (χ2n) is 4.43. The molecule has 0 bridgehead atoms. The van der Waals surface area contributed by atoms with E-state index in [2.05, 4.69) is 21.2 Å². The molecular weight excluding hydrogens is 367 g/mol. The maximum Gasteiger partial charge on any atom is 0.194 e. The monoisotopic (exact) mass is 377 g/mol. The van der Waals surface area contributed by atoms with Crippen molar-refractivity contribution >= 4 is 27.5 Å². The molecule has 1 N–H and O–H groups in total. The second-order valence-corrected chi connectivity index (χ2v) is 5.69. The number of rotatable bonds is 4. The van der Waals surface area contributed by atoms with Crippen molar-refractivity contribution < 1.29 is 13.2 Å². The van der Waals surface area contributed by atoms with Gasteiger partial charge in [0.25, 0.3) is 0 Å². The first-order valence-corrected chi connectivity index (χ1v) is 7.44. The third-order valence-electron chi connectivity index (χ3n) is 3.06. The molecular formula is C15H12BrClF3N. The van der Waals surface area contributed by atoms with Crippen LogP contribution in [0.1, 0.15) is 24.1 Å². The number of hydrogen-bond donors (Lipinski definition) is 1. The zero-order valence-corrected chi connectivity index (χ0v) is 13.4. The van der Waals surface area contributed by atoms with Gasteiger partial charge in [-0.25, -0.2) is 13.2 Å². The van der Waals surface area contributed by atoms with E-state index < -0.39 is 23.5 Å². The quantitative estimate of drug-likeness (QED) is 0.719. The fraction of sp³-hybridized carbons (Fsp3) is 0.200. The maximum absolute atomic E-state index is 14.0. The lowest BCUT2D eigenvalue weighted by atomic mass is 9.98. The van der Waals surface area contributed by atoms with Crippen LogP contribution in [0.15, 0.2) is 34.8 Å². The van der Waals surface area contributed by atoms with Crippen molar-refractivity contribution in [2.45, 2.75) is 13.0 Å². The summed E-state index contributed by atoms with van der Waals surface area (Å²) in [6, 6.07) is 6.64. The van der Waals surface area contributed by atoms with E-state index in [1.54, 1.807) is 18.2 Å². The molecule has 2 rings (SSSR count). The molecule has 0 aliphatic rings. The highest BCUT2D eigenvalue weighted by Crippen LogP contribution is 2.31. The molecule has 21 heavy (non-hydrogen) atoms. The molecule has 112 valence electrons. The Bertz CT molecular complexity index is 664. The van der Waals surface area contributed by atoms with Gasteiger partial charge in [-0.2, -0.15) is 0 Å². The fourth-order valence-corrected chi connectivity index (χ4v) is 2.58. The molecule has 6 heteroatoms. The van der Waals surface area contributed by atoms with Crippen LogP contribution in [-0.4, -0.2) is 6.54 Å². The Hall–Kier alpha value is -1.04. The number of halogens is 5. The molecule has 0 saturated carbocycles. The molecule has 0 radical (unpaired) electrons. The highest BCUT2D eigenvalue weighted by Gasteiger charge is 2.22. The predicted octanol–water partition coefficient (Wildman–Crippen LogP) is 5.22. The van der Waals surface area contributed by atoms with Gasteiger partial charge >= 0.3 is 0 Å². The molecule has 2 aromatic rings. The Labute approximate surface area is 134 Å². The first kappa shape index (κ1) is 16.3. The highest BCUT2D eigenvalue weighted by atomic mass is 79.9. The molecule has 0 spiro atoms. The van der Waals surface area contributed by atoms with Crippen LogP contribution in [0, 0.1) is 17.5 Å². The van der Waals surface area contributed by atoms with Crippen molar-refractivity contribution in [3.05, 3.63) is 68.4 Å². The fourth-order valence-electron chi connectivity index (χ4n) is 2.07. The van der Waals surface area contributed by atoms with Gasteiger partial charge in [0.1, 0.15) is 0 Å². The first-order valence-electron chi connectivity index (χ1n) is 6.27. The molecule has 1 atom stereocenters. The number of benzene rings is 2. The van der Waals surface area contributed by atoms with Gasteiger partial charge in [0.05, 0.1) is 11.1 Å². The average molecular weight is 379 g/mol.